The summed E-state index contributed by atoms with van der Waals surface area (Å²) < 4.78 is 7.15. The molecule has 0 atom stereocenters. The molecule has 0 unspecified atom stereocenters. The standard InChI is InChI=1S/C13H15N3O3S/c1-19-11-5-3-2-4-10(11)6-7-16-9-14-15-13(16)20-8-12(17)18/h2-5,9H,6-8H2,1H3,(H,17,18). The van der Waals surface area contributed by atoms with Gasteiger partial charge in [0.15, 0.2) is 5.16 Å². The molecular weight excluding hydrogens is 278 g/mol. The van der Waals surface area contributed by atoms with E-state index in [9.17, 15) is 4.79 Å². The maximum absolute atomic E-state index is 10.6. The first-order valence-corrected chi connectivity index (χ1v) is 7.03. The molecule has 0 amide bonds. The van der Waals surface area contributed by atoms with Crippen molar-refractivity contribution in [3.05, 3.63) is 36.2 Å². The van der Waals surface area contributed by atoms with Crippen molar-refractivity contribution in [2.45, 2.75) is 18.1 Å². The third-order valence-corrected chi connectivity index (χ3v) is 3.68. The third kappa shape index (κ3) is 3.74. The van der Waals surface area contributed by atoms with E-state index in [1.807, 2.05) is 28.8 Å². The number of benzene rings is 1. The molecule has 0 aliphatic rings. The second-order valence-corrected chi connectivity index (χ2v) is 4.99. The Balaban J connectivity index is 2.00. The predicted molar refractivity (Wildman–Crippen MR) is 75.1 cm³/mol. The second kappa shape index (κ2) is 6.95. The zero-order chi connectivity index (χ0) is 14.4. The van der Waals surface area contributed by atoms with Crippen LogP contribution in [0, 0.1) is 0 Å². The minimum absolute atomic E-state index is 0.0205. The molecule has 0 radical (unpaired) electrons. The first-order chi connectivity index (χ1) is 9.70. The first-order valence-electron chi connectivity index (χ1n) is 6.05. The summed E-state index contributed by atoms with van der Waals surface area (Å²) in [6.45, 7) is 0.676. The van der Waals surface area contributed by atoms with Crippen molar-refractivity contribution in [3.8, 4) is 5.75 Å². The number of hydrogen-bond acceptors (Lipinski definition) is 5. The summed E-state index contributed by atoms with van der Waals surface area (Å²) in [5.41, 5.74) is 1.10. The summed E-state index contributed by atoms with van der Waals surface area (Å²) in [7, 11) is 1.64. The van der Waals surface area contributed by atoms with E-state index in [4.69, 9.17) is 9.84 Å². The van der Waals surface area contributed by atoms with E-state index in [-0.39, 0.29) is 5.75 Å². The van der Waals surface area contributed by atoms with Crippen molar-refractivity contribution in [2.24, 2.45) is 0 Å². The van der Waals surface area contributed by atoms with Gasteiger partial charge in [-0.15, -0.1) is 10.2 Å². The van der Waals surface area contributed by atoms with Gasteiger partial charge in [-0.1, -0.05) is 30.0 Å². The van der Waals surface area contributed by atoms with Crippen LogP contribution in [0.25, 0.3) is 0 Å². The molecule has 1 aromatic heterocycles. The largest absolute Gasteiger partial charge is 0.496 e. The molecule has 6 nitrogen and oxygen atoms in total. The fourth-order valence-electron chi connectivity index (χ4n) is 1.79. The first kappa shape index (κ1) is 14.4. The smallest absolute Gasteiger partial charge is 0.313 e. The molecule has 2 rings (SSSR count). The topological polar surface area (TPSA) is 77.2 Å². The van der Waals surface area contributed by atoms with Crippen LogP contribution in [-0.2, 0) is 17.8 Å². The van der Waals surface area contributed by atoms with E-state index >= 15 is 0 Å². The number of aliphatic carboxylic acids is 1. The molecule has 1 aromatic carbocycles. The Bertz CT molecular complexity index is 586. The number of aryl methyl sites for hydroxylation is 2. The van der Waals surface area contributed by atoms with E-state index in [1.54, 1.807) is 13.4 Å². The zero-order valence-corrected chi connectivity index (χ0v) is 11.8. The molecule has 0 fully saturated rings. The SMILES string of the molecule is COc1ccccc1CCn1cnnc1SCC(=O)O. The minimum atomic E-state index is -0.866. The van der Waals surface area contributed by atoms with Crippen LogP contribution < -0.4 is 4.74 Å². The average Bonchev–Trinajstić information content (AvgIpc) is 2.90. The van der Waals surface area contributed by atoms with Crippen LogP contribution in [0.15, 0.2) is 35.7 Å². The van der Waals surface area contributed by atoms with Crippen molar-refractivity contribution in [1.82, 2.24) is 14.8 Å². The van der Waals surface area contributed by atoms with Crippen LogP contribution in [0.3, 0.4) is 0 Å². The van der Waals surface area contributed by atoms with Gasteiger partial charge in [0.1, 0.15) is 12.1 Å². The second-order valence-electron chi connectivity index (χ2n) is 4.05. The van der Waals surface area contributed by atoms with Crippen LogP contribution in [-0.4, -0.2) is 38.7 Å². The van der Waals surface area contributed by atoms with Crippen LogP contribution in [0.1, 0.15) is 5.56 Å². The number of carbonyl (C=O) groups is 1. The number of para-hydroxylation sites is 1. The molecule has 0 spiro atoms. The molecule has 0 aliphatic carbocycles. The highest BCUT2D eigenvalue weighted by atomic mass is 32.2. The molecule has 0 saturated heterocycles. The van der Waals surface area contributed by atoms with Crippen molar-refractivity contribution >= 4 is 17.7 Å². The Kier molecular flexibility index (Phi) is 5.00. The number of nitrogens with zero attached hydrogens (tertiary/aromatic N) is 3. The van der Waals surface area contributed by atoms with Crippen molar-refractivity contribution < 1.29 is 14.6 Å². The molecule has 106 valence electrons. The number of hydrogen-bond donors (Lipinski definition) is 1. The maximum Gasteiger partial charge on any atom is 0.313 e. The van der Waals surface area contributed by atoms with Gasteiger partial charge in [0.05, 0.1) is 12.9 Å². The van der Waals surface area contributed by atoms with Crippen LogP contribution in [0.5, 0.6) is 5.75 Å². The summed E-state index contributed by atoms with van der Waals surface area (Å²) in [6, 6.07) is 7.81. The summed E-state index contributed by atoms with van der Waals surface area (Å²) >= 11 is 1.17. The predicted octanol–water partition coefficient (Wildman–Crippen LogP) is 1.71. The highest BCUT2D eigenvalue weighted by Gasteiger charge is 2.09. The van der Waals surface area contributed by atoms with Gasteiger partial charge in [-0.2, -0.15) is 0 Å². The molecule has 2 aromatic rings. The van der Waals surface area contributed by atoms with Crippen molar-refractivity contribution in [3.63, 3.8) is 0 Å². The van der Waals surface area contributed by atoms with Gasteiger partial charge in [-0.05, 0) is 18.1 Å². The molecule has 0 bridgehead atoms. The molecule has 0 aliphatic heterocycles. The summed E-state index contributed by atoms with van der Waals surface area (Å²) in [5, 5.41) is 17.0. The lowest BCUT2D eigenvalue weighted by atomic mass is 10.1. The van der Waals surface area contributed by atoms with Gasteiger partial charge in [0.2, 0.25) is 0 Å². The average molecular weight is 293 g/mol. The number of thioether (sulfide) groups is 1. The molecule has 0 saturated carbocycles. The van der Waals surface area contributed by atoms with E-state index in [1.165, 1.54) is 11.8 Å². The quantitative estimate of drug-likeness (QED) is 0.783. The van der Waals surface area contributed by atoms with E-state index in [0.29, 0.717) is 11.7 Å². The van der Waals surface area contributed by atoms with Gasteiger partial charge in [0, 0.05) is 6.54 Å². The minimum Gasteiger partial charge on any atom is -0.496 e. The molecule has 20 heavy (non-hydrogen) atoms. The molecule has 1 N–H and O–H groups in total. The monoisotopic (exact) mass is 293 g/mol. The number of methoxy groups -OCH3 is 1. The lowest BCUT2D eigenvalue weighted by Crippen LogP contribution is -2.05. The van der Waals surface area contributed by atoms with E-state index in [0.717, 1.165) is 17.7 Å². The molecule has 1 heterocycles. The van der Waals surface area contributed by atoms with Gasteiger partial charge in [-0.25, -0.2) is 0 Å². The van der Waals surface area contributed by atoms with E-state index < -0.39 is 5.97 Å². The highest BCUT2D eigenvalue weighted by molar-refractivity contribution is 7.99. The Morgan fingerprint density at radius 1 is 1.45 bits per heavy atom. The van der Waals surface area contributed by atoms with Crippen LogP contribution in [0.2, 0.25) is 0 Å². The Morgan fingerprint density at radius 2 is 2.25 bits per heavy atom. The lowest BCUT2D eigenvalue weighted by molar-refractivity contribution is -0.133. The van der Waals surface area contributed by atoms with Gasteiger partial charge < -0.3 is 14.4 Å². The maximum atomic E-state index is 10.6. The summed E-state index contributed by atoms with van der Waals surface area (Å²) in [6.07, 6.45) is 2.38. The number of rotatable bonds is 7. The zero-order valence-electron chi connectivity index (χ0n) is 11.0. The number of aromatic nitrogens is 3. The summed E-state index contributed by atoms with van der Waals surface area (Å²) in [4.78, 5) is 10.6. The van der Waals surface area contributed by atoms with Gasteiger partial charge in [0.25, 0.3) is 0 Å². The Labute approximate surface area is 120 Å². The number of carboxylic acids is 1. The number of carboxylic acid groups (broad SMARTS) is 1. The van der Waals surface area contributed by atoms with Crippen molar-refractivity contribution in [2.75, 3.05) is 12.9 Å². The number of ether oxygens (including phenoxy) is 1. The molecular formula is C13H15N3O3S. The lowest BCUT2D eigenvalue weighted by Gasteiger charge is -2.09. The van der Waals surface area contributed by atoms with Gasteiger partial charge in [-0.3, -0.25) is 4.79 Å². The van der Waals surface area contributed by atoms with Gasteiger partial charge >= 0.3 is 5.97 Å². The van der Waals surface area contributed by atoms with Crippen LogP contribution >= 0.6 is 11.8 Å². The third-order valence-electron chi connectivity index (χ3n) is 2.72. The Morgan fingerprint density at radius 3 is 3.00 bits per heavy atom. The van der Waals surface area contributed by atoms with Crippen molar-refractivity contribution in [1.29, 1.82) is 0 Å². The van der Waals surface area contributed by atoms with Crippen LogP contribution in [0.4, 0.5) is 0 Å². The van der Waals surface area contributed by atoms with E-state index in [2.05, 4.69) is 10.2 Å². The Hall–Kier alpha value is -2.02. The summed E-state index contributed by atoms with van der Waals surface area (Å²) in [5.74, 6) is -0.0394. The highest BCUT2D eigenvalue weighted by Crippen LogP contribution is 2.20. The fourth-order valence-corrected chi connectivity index (χ4v) is 2.45. The fraction of sp³-hybridized carbons (Fsp3) is 0.308. The molecule has 7 heteroatoms. The normalized spacial score (nSPS) is 10.4.